The number of phenols is 1. The lowest BCUT2D eigenvalue weighted by molar-refractivity contribution is 0.0876. The van der Waals surface area contributed by atoms with Crippen LogP contribution in [0, 0.1) is 13.8 Å². The van der Waals surface area contributed by atoms with Crippen LogP contribution >= 0.6 is 0 Å². The number of hydrogen-bond acceptors (Lipinski definition) is 3. The largest absolute Gasteiger partial charge is 0.508 e. The standard InChI is InChI=1S/C13H19NO2/c1-9-7-13(15)10(2)6-12(9)14-11-4-3-5-16-8-11/h6-7,11,14-15H,3-5,8H2,1-2H3. The first-order valence-electron chi connectivity index (χ1n) is 5.81. The monoisotopic (exact) mass is 221 g/mol. The van der Waals surface area contributed by atoms with Crippen molar-refractivity contribution in [3.8, 4) is 5.75 Å². The lowest BCUT2D eigenvalue weighted by atomic mass is 10.1. The summed E-state index contributed by atoms with van der Waals surface area (Å²) in [6.07, 6.45) is 2.27. The second-order valence-corrected chi connectivity index (χ2v) is 4.51. The quantitative estimate of drug-likeness (QED) is 0.754. The molecule has 2 N–H and O–H groups in total. The first-order valence-corrected chi connectivity index (χ1v) is 5.81. The highest BCUT2D eigenvalue weighted by molar-refractivity contribution is 5.57. The predicted octanol–water partition coefficient (Wildman–Crippen LogP) is 2.60. The van der Waals surface area contributed by atoms with Crippen LogP contribution in [-0.4, -0.2) is 24.4 Å². The first kappa shape index (κ1) is 11.3. The van der Waals surface area contributed by atoms with Crippen LogP contribution in [0.1, 0.15) is 24.0 Å². The first-order chi connectivity index (χ1) is 7.66. The zero-order chi connectivity index (χ0) is 11.5. The summed E-state index contributed by atoms with van der Waals surface area (Å²) in [6.45, 7) is 5.58. The van der Waals surface area contributed by atoms with E-state index in [2.05, 4.69) is 5.32 Å². The van der Waals surface area contributed by atoms with Crippen LogP contribution in [0.15, 0.2) is 12.1 Å². The van der Waals surface area contributed by atoms with Gasteiger partial charge in [0, 0.05) is 18.3 Å². The van der Waals surface area contributed by atoms with E-state index in [0.29, 0.717) is 11.8 Å². The SMILES string of the molecule is Cc1cc(NC2CCCOC2)c(C)cc1O. The van der Waals surface area contributed by atoms with Crippen LogP contribution in [0.5, 0.6) is 5.75 Å². The number of anilines is 1. The van der Waals surface area contributed by atoms with Crippen molar-refractivity contribution in [1.82, 2.24) is 0 Å². The molecule has 3 heteroatoms. The van der Waals surface area contributed by atoms with Crippen molar-refractivity contribution in [2.24, 2.45) is 0 Å². The molecule has 1 aromatic carbocycles. The minimum Gasteiger partial charge on any atom is -0.508 e. The Balaban J connectivity index is 2.11. The van der Waals surface area contributed by atoms with Gasteiger partial charge in [0.15, 0.2) is 0 Å². The Hall–Kier alpha value is -1.22. The van der Waals surface area contributed by atoms with Crippen molar-refractivity contribution in [3.05, 3.63) is 23.3 Å². The number of rotatable bonds is 2. The molecule has 0 amide bonds. The van der Waals surface area contributed by atoms with Gasteiger partial charge in [-0.25, -0.2) is 0 Å². The van der Waals surface area contributed by atoms with Crippen LogP contribution in [0.4, 0.5) is 5.69 Å². The van der Waals surface area contributed by atoms with E-state index in [1.807, 2.05) is 19.9 Å². The fourth-order valence-corrected chi connectivity index (χ4v) is 2.03. The molecule has 1 aromatic rings. The van der Waals surface area contributed by atoms with Crippen LogP contribution in [0.3, 0.4) is 0 Å². The van der Waals surface area contributed by atoms with Gasteiger partial charge in [0.2, 0.25) is 0 Å². The van der Waals surface area contributed by atoms with E-state index >= 15 is 0 Å². The molecule has 1 atom stereocenters. The Bertz CT molecular complexity index is 370. The van der Waals surface area contributed by atoms with Crippen LogP contribution < -0.4 is 5.32 Å². The van der Waals surface area contributed by atoms with E-state index in [0.717, 1.165) is 42.9 Å². The molecule has 1 heterocycles. The van der Waals surface area contributed by atoms with Crippen molar-refractivity contribution >= 4 is 5.69 Å². The maximum absolute atomic E-state index is 9.58. The second kappa shape index (κ2) is 4.74. The molecule has 0 aliphatic carbocycles. The summed E-state index contributed by atoms with van der Waals surface area (Å²) in [5.74, 6) is 0.364. The molecule has 0 aromatic heterocycles. The lowest BCUT2D eigenvalue weighted by Gasteiger charge is -2.25. The normalized spacial score (nSPS) is 20.8. The van der Waals surface area contributed by atoms with Crippen LogP contribution in [0.25, 0.3) is 0 Å². The zero-order valence-corrected chi connectivity index (χ0v) is 9.92. The zero-order valence-electron chi connectivity index (χ0n) is 9.92. The summed E-state index contributed by atoms with van der Waals surface area (Å²) in [5.41, 5.74) is 3.09. The highest BCUT2D eigenvalue weighted by Crippen LogP contribution is 2.26. The van der Waals surface area contributed by atoms with Crippen molar-refractivity contribution in [2.75, 3.05) is 18.5 Å². The van der Waals surface area contributed by atoms with Gasteiger partial charge in [0.05, 0.1) is 6.61 Å². The van der Waals surface area contributed by atoms with E-state index in [-0.39, 0.29) is 0 Å². The summed E-state index contributed by atoms with van der Waals surface area (Å²) in [5, 5.41) is 13.1. The molecular formula is C13H19NO2. The fourth-order valence-electron chi connectivity index (χ4n) is 2.03. The Kier molecular flexibility index (Phi) is 3.34. The molecule has 0 saturated carbocycles. The van der Waals surface area contributed by atoms with E-state index in [1.165, 1.54) is 0 Å². The molecule has 1 fully saturated rings. The molecule has 88 valence electrons. The molecule has 16 heavy (non-hydrogen) atoms. The molecular weight excluding hydrogens is 202 g/mol. The summed E-state index contributed by atoms with van der Waals surface area (Å²) < 4.78 is 5.44. The van der Waals surface area contributed by atoms with Crippen molar-refractivity contribution in [2.45, 2.75) is 32.7 Å². The third kappa shape index (κ3) is 2.47. The highest BCUT2D eigenvalue weighted by Gasteiger charge is 2.14. The van der Waals surface area contributed by atoms with Crippen LogP contribution in [-0.2, 0) is 4.74 Å². The molecule has 3 nitrogen and oxygen atoms in total. The number of benzene rings is 1. The summed E-state index contributed by atoms with van der Waals surface area (Å²) in [6, 6.07) is 4.21. The average Bonchev–Trinajstić information content (AvgIpc) is 2.27. The van der Waals surface area contributed by atoms with E-state index in [9.17, 15) is 5.11 Å². The Morgan fingerprint density at radius 2 is 2.12 bits per heavy atom. The number of aromatic hydroxyl groups is 1. The van der Waals surface area contributed by atoms with E-state index in [4.69, 9.17) is 4.74 Å². The fraction of sp³-hybridized carbons (Fsp3) is 0.538. The summed E-state index contributed by atoms with van der Waals surface area (Å²) in [4.78, 5) is 0. The number of phenolic OH excluding ortho intramolecular Hbond substituents is 1. The molecule has 0 spiro atoms. The Labute approximate surface area is 96.4 Å². The molecule has 1 unspecified atom stereocenters. The maximum atomic E-state index is 9.58. The van der Waals surface area contributed by atoms with Gasteiger partial charge in [-0.15, -0.1) is 0 Å². The highest BCUT2D eigenvalue weighted by atomic mass is 16.5. The predicted molar refractivity (Wildman–Crippen MR) is 65.0 cm³/mol. The number of aryl methyl sites for hydroxylation is 2. The van der Waals surface area contributed by atoms with Gasteiger partial charge in [-0.05, 0) is 49.9 Å². The van der Waals surface area contributed by atoms with Crippen molar-refractivity contribution < 1.29 is 9.84 Å². The van der Waals surface area contributed by atoms with Gasteiger partial charge >= 0.3 is 0 Å². The number of hydrogen-bond donors (Lipinski definition) is 2. The number of ether oxygens (including phenoxy) is 1. The van der Waals surface area contributed by atoms with Crippen LogP contribution in [0.2, 0.25) is 0 Å². The van der Waals surface area contributed by atoms with E-state index in [1.54, 1.807) is 6.07 Å². The topological polar surface area (TPSA) is 41.5 Å². The maximum Gasteiger partial charge on any atom is 0.118 e. The van der Waals surface area contributed by atoms with Crippen molar-refractivity contribution in [1.29, 1.82) is 0 Å². The Morgan fingerprint density at radius 3 is 2.81 bits per heavy atom. The average molecular weight is 221 g/mol. The number of nitrogens with one attached hydrogen (secondary N) is 1. The third-order valence-electron chi connectivity index (χ3n) is 3.06. The van der Waals surface area contributed by atoms with Gasteiger partial charge in [-0.2, -0.15) is 0 Å². The molecule has 1 aliphatic heterocycles. The lowest BCUT2D eigenvalue weighted by Crippen LogP contribution is -2.30. The minimum atomic E-state index is 0.364. The van der Waals surface area contributed by atoms with Gasteiger partial charge in [-0.1, -0.05) is 0 Å². The summed E-state index contributed by atoms with van der Waals surface area (Å²) >= 11 is 0. The van der Waals surface area contributed by atoms with Gasteiger partial charge in [-0.3, -0.25) is 0 Å². The second-order valence-electron chi connectivity index (χ2n) is 4.51. The molecule has 0 radical (unpaired) electrons. The summed E-state index contributed by atoms with van der Waals surface area (Å²) in [7, 11) is 0. The Morgan fingerprint density at radius 1 is 1.31 bits per heavy atom. The third-order valence-corrected chi connectivity index (χ3v) is 3.06. The molecule has 2 rings (SSSR count). The molecule has 0 bridgehead atoms. The van der Waals surface area contributed by atoms with Gasteiger partial charge < -0.3 is 15.2 Å². The molecule has 1 aliphatic rings. The minimum absolute atomic E-state index is 0.364. The van der Waals surface area contributed by atoms with E-state index < -0.39 is 0 Å². The smallest absolute Gasteiger partial charge is 0.118 e. The molecule has 1 saturated heterocycles. The van der Waals surface area contributed by atoms with Gasteiger partial charge in [0.25, 0.3) is 0 Å². The van der Waals surface area contributed by atoms with Gasteiger partial charge in [0.1, 0.15) is 5.75 Å². The van der Waals surface area contributed by atoms with Crippen molar-refractivity contribution in [3.63, 3.8) is 0 Å².